The third-order valence-electron chi connectivity index (χ3n) is 3.45. The predicted molar refractivity (Wildman–Crippen MR) is 59.7 cm³/mol. The summed E-state index contributed by atoms with van der Waals surface area (Å²) in [5.74, 6) is 0.409. The summed E-state index contributed by atoms with van der Waals surface area (Å²) < 4.78 is 39.3. The molecule has 0 aromatic carbocycles. The summed E-state index contributed by atoms with van der Waals surface area (Å²) in [4.78, 5) is 0. The van der Waals surface area contributed by atoms with Crippen LogP contribution in [-0.2, 0) is 19.3 Å². The predicted octanol–water partition coefficient (Wildman–Crippen LogP) is 2.97. The average Bonchev–Trinajstić information content (AvgIpc) is 2.73. The molecule has 1 N–H and O–H groups in total. The standard InChI is InChI=1S/C12H17F3N2O/c13-12(14,15)11-10(8-18)7-17(16-11)6-9-4-2-1-3-5-9/h7,9,18H,1-6,8H2. The number of alkyl halides is 3. The zero-order chi connectivity index (χ0) is 13.2. The van der Waals surface area contributed by atoms with Gasteiger partial charge < -0.3 is 5.11 Å². The van der Waals surface area contributed by atoms with Crippen molar-refractivity contribution < 1.29 is 18.3 Å². The summed E-state index contributed by atoms with van der Waals surface area (Å²) in [6.07, 6.45) is 2.43. The lowest BCUT2D eigenvalue weighted by Crippen LogP contribution is -2.15. The maximum Gasteiger partial charge on any atom is 0.435 e. The van der Waals surface area contributed by atoms with Crippen molar-refractivity contribution in [1.82, 2.24) is 9.78 Å². The van der Waals surface area contributed by atoms with Gasteiger partial charge >= 0.3 is 6.18 Å². The van der Waals surface area contributed by atoms with Crippen molar-refractivity contribution in [3.05, 3.63) is 17.5 Å². The highest BCUT2D eigenvalue weighted by Crippen LogP contribution is 2.31. The first-order chi connectivity index (χ1) is 8.50. The van der Waals surface area contributed by atoms with Crippen LogP contribution < -0.4 is 0 Å². The molecule has 2 rings (SSSR count). The van der Waals surface area contributed by atoms with E-state index in [9.17, 15) is 13.2 Å². The van der Waals surface area contributed by atoms with Gasteiger partial charge in [0, 0.05) is 18.3 Å². The van der Waals surface area contributed by atoms with E-state index in [0.29, 0.717) is 12.5 Å². The zero-order valence-corrected chi connectivity index (χ0v) is 10.1. The van der Waals surface area contributed by atoms with E-state index in [1.165, 1.54) is 17.3 Å². The lowest BCUT2D eigenvalue weighted by molar-refractivity contribution is -0.142. The molecule has 3 nitrogen and oxygen atoms in total. The van der Waals surface area contributed by atoms with Crippen molar-refractivity contribution >= 4 is 0 Å². The second-order valence-corrected chi connectivity index (χ2v) is 4.88. The smallest absolute Gasteiger partial charge is 0.392 e. The number of nitrogens with zero attached hydrogens (tertiary/aromatic N) is 2. The highest BCUT2D eigenvalue weighted by molar-refractivity contribution is 5.19. The first-order valence-corrected chi connectivity index (χ1v) is 6.25. The number of aromatic nitrogens is 2. The van der Waals surface area contributed by atoms with Crippen LogP contribution in [0.25, 0.3) is 0 Å². The van der Waals surface area contributed by atoms with Gasteiger partial charge in [0.25, 0.3) is 0 Å². The Morgan fingerprint density at radius 2 is 1.94 bits per heavy atom. The Kier molecular flexibility index (Phi) is 3.94. The zero-order valence-electron chi connectivity index (χ0n) is 10.1. The summed E-state index contributed by atoms with van der Waals surface area (Å²) in [5.41, 5.74) is -1.10. The molecule has 0 unspecified atom stereocenters. The Labute approximate surface area is 104 Å². The van der Waals surface area contributed by atoms with E-state index in [1.54, 1.807) is 0 Å². The van der Waals surface area contributed by atoms with Crippen LogP contribution in [0, 0.1) is 5.92 Å². The normalized spacial score (nSPS) is 18.2. The van der Waals surface area contributed by atoms with Gasteiger partial charge in [-0.05, 0) is 18.8 Å². The first-order valence-electron chi connectivity index (χ1n) is 6.25. The van der Waals surface area contributed by atoms with Gasteiger partial charge in [0.1, 0.15) is 0 Å². The molecule has 1 aliphatic rings. The van der Waals surface area contributed by atoms with Crippen LogP contribution in [0.1, 0.15) is 43.4 Å². The van der Waals surface area contributed by atoms with E-state index in [0.717, 1.165) is 25.7 Å². The number of aliphatic hydroxyl groups is 1. The Balaban J connectivity index is 2.11. The highest BCUT2D eigenvalue weighted by atomic mass is 19.4. The third-order valence-corrected chi connectivity index (χ3v) is 3.45. The van der Waals surface area contributed by atoms with E-state index in [1.807, 2.05) is 0 Å². The molecular weight excluding hydrogens is 245 g/mol. The summed E-state index contributed by atoms with van der Waals surface area (Å²) >= 11 is 0. The minimum atomic E-state index is -4.49. The van der Waals surface area contributed by atoms with E-state index >= 15 is 0 Å². The van der Waals surface area contributed by atoms with Crippen molar-refractivity contribution in [3.63, 3.8) is 0 Å². The molecule has 102 valence electrons. The Hall–Kier alpha value is -1.04. The van der Waals surface area contributed by atoms with Crippen molar-refractivity contribution in [1.29, 1.82) is 0 Å². The first kappa shape index (κ1) is 13.4. The highest BCUT2D eigenvalue weighted by Gasteiger charge is 2.37. The molecule has 0 aliphatic heterocycles. The van der Waals surface area contributed by atoms with Crippen LogP contribution in [0.4, 0.5) is 13.2 Å². The lowest BCUT2D eigenvalue weighted by Gasteiger charge is -2.21. The molecule has 1 saturated carbocycles. The van der Waals surface area contributed by atoms with Crippen LogP contribution in [0.2, 0.25) is 0 Å². The Morgan fingerprint density at radius 3 is 2.44 bits per heavy atom. The molecule has 0 atom stereocenters. The maximum atomic E-state index is 12.6. The maximum absolute atomic E-state index is 12.6. The number of rotatable bonds is 3. The van der Waals surface area contributed by atoms with Gasteiger partial charge in [-0.3, -0.25) is 4.68 Å². The molecule has 1 aliphatic carbocycles. The fourth-order valence-corrected chi connectivity index (χ4v) is 2.54. The fraction of sp³-hybridized carbons (Fsp3) is 0.750. The van der Waals surface area contributed by atoms with Crippen LogP contribution in [0.3, 0.4) is 0 Å². The van der Waals surface area contributed by atoms with Gasteiger partial charge in [-0.25, -0.2) is 0 Å². The van der Waals surface area contributed by atoms with E-state index < -0.39 is 18.5 Å². The molecule has 1 aromatic heterocycles. The molecule has 0 radical (unpaired) electrons. The SMILES string of the molecule is OCc1cn(CC2CCCCC2)nc1C(F)(F)F. The molecule has 1 aromatic rings. The van der Waals surface area contributed by atoms with Crippen LogP contribution >= 0.6 is 0 Å². The molecule has 1 heterocycles. The summed E-state index contributed by atoms with van der Waals surface area (Å²) in [6.45, 7) is -0.109. The molecule has 0 saturated heterocycles. The Bertz CT molecular complexity index is 395. The van der Waals surface area contributed by atoms with Crippen molar-refractivity contribution in [2.45, 2.75) is 51.4 Å². The van der Waals surface area contributed by atoms with Gasteiger partial charge in [0.05, 0.1) is 6.61 Å². The topological polar surface area (TPSA) is 38.0 Å². The van der Waals surface area contributed by atoms with E-state index in [2.05, 4.69) is 5.10 Å². The molecule has 1 fully saturated rings. The third kappa shape index (κ3) is 3.04. The molecule has 18 heavy (non-hydrogen) atoms. The van der Waals surface area contributed by atoms with Gasteiger partial charge in [-0.15, -0.1) is 0 Å². The van der Waals surface area contributed by atoms with Crippen LogP contribution in [-0.4, -0.2) is 14.9 Å². The van der Waals surface area contributed by atoms with Gasteiger partial charge in [-0.1, -0.05) is 19.3 Å². The van der Waals surface area contributed by atoms with Crippen molar-refractivity contribution in [3.8, 4) is 0 Å². The van der Waals surface area contributed by atoms with Crippen LogP contribution in [0.15, 0.2) is 6.20 Å². The molecule has 0 amide bonds. The van der Waals surface area contributed by atoms with Gasteiger partial charge in [0.15, 0.2) is 5.69 Å². The summed E-state index contributed by atoms with van der Waals surface area (Å²) in [7, 11) is 0. The summed E-state index contributed by atoms with van der Waals surface area (Å²) in [5, 5.41) is 12.5. The number of halogens is 3. The van der Waals surface area contributed by atoms with Gasteiger partial charge in [-0.2, -0.15) is 18.3 Å². The fourth-order valence-electron chi connectivity index (χ4n) is 2.54. The number of hydrogen-bond acceptors (Lipinski definition) is 2. The van der Waals surface area contributed by atoms with E-state index in [-0.39, 0.29) is 5.56 Å². The second-order valence-electron chi connectivity index (χ2n) is 4.88. The van der Waals surface area contributed by atoms with Crippen LogP contribution in [0.5, 0.6) is 0 Å². The minimum absolute atomic E-state index is 0.140. The Morgan fingerprint density at radius 1 is 1.28 bits per heavy atom. The monoisotopic (exact) mass is 262 g/mol. The molecule has 0 bridgehead atoms. The quantitative estimate of drug-likeness (QED) is 0.909. The molecule has 0 spiro atoms. The van der Waals surface area contributed by atoms with Crippen molar-refractivity contribution in [2.24, 2.45) is 5.92 Å². The molecule has 6 heteroatoms. The second kappa shape index (κ2) is 5.30. The largest absolute Gasteiger partial charge is 0.435 e. The van der Waals surface area contributed by atoms with Gasteiger partial charge in [0.2, 0.25) is 0 Å². The minimum Gasteiger partial charge on any atom is -0.392 e. The lowest BCUT2D eigenvalue weighted by atomic mass is 9.89. The summed E-state index contributed by atoms with van der Waals surface area (Å²) in [6, 6.07) is 0. The number of aliphatic hydroxyl groups excluding tert-OH is 1. The average molecular weight is 262 g/mol. The van der Waals surface area contributed by atoms with E-state index in [4.69, 9.17) is 5.11 Å². The number of hydrogen-bond donors (Lipinski definition) is 1. The molecular formula is C12H17F3N2O. The van der Waals surface area contributed by atoms with Crippen molar-refractivity contribution in [2.75, 3.05) is 0 Å².